The molecule has 0 unspecified atom stereocenters. The van der Waals surface area contributed by atoms with Crippen molar-refractivity contribution < 1.29 is 0 Å². The first-order valence-corrected chi connectivity index (χ1v) is 7.50. The van der Waals surface area contributed by atoms with Gasteiger partial charge < -0.3 is 5.73 Å². The van der Waals surface area contributed by atoms with E-state index in [-0.39, 0.29) is 0 Å². The number of nitrogens with two attached hydrogens (primary N) is 1. The number of hydrogen-bond donors (Lipinski definition) is 1. The van der Waals surface area contributed by atoms with Crippen LogP contribution in [0, 0.1) is 0 Å². The van der Waals surface area contributed by atoms with Gasteiger partial charge in [-0.15, -0.1) is 11.8 Å². The molecule has 2 aromatic rings. The number of benzene rings is 2. The SMILES string of the molecule is NC/C=C/c1cccc(SCCc2ccccc2)c1. The second kappa shape index (κ2) is 7.82. The summed E-state index contributed by atoms with van der Waals surface area (Å²) in [6.45, 7) is 0.589. The Morgan fingerprint density at radius 3 is 2.63 bits per heavy atom. The van der Waals surface area contributed by atoms with E-state index in [1.54, 1.807) is 0 Å². The highest BCUT2D eigenvalue weighted by atomic mass is 32.2. The van der Waals surface area contributed by atoms with Crippen LogP contribution in [0.4, 0.5) is 0 Å². The minimum Gasteiger partial charge on any atom is -0.327 e. The number of rotatable bonds is 6. The van der Waals surface area contributed by atoms with Gasteiger partial charge in [0.15, 0.2) is 0 Å². The van der Waals surface area contributed by atoms with Crippen molar-refractivity contribution in [3.05, 3.63) is 71.8 Å². The smallest absolute Gasteiger partial charge is 0.0110 e. The highest BCUT2D eigenvalue weighted by molar-refractivity contribution is 7.99. The van der Waals surface area contributed by atoms with Crippen molar-refractivity contribution in [1.82, 2.24) is 0 Å². The van der Waals surface area contributed by atoms with Gasteiger partial charge in [0.05, 0.1) is 0 Å². The molecule has 0 atom stereocenters. The lowest BCUT2D eigenvalue weighted by molar-refractivity contribution is 1.15. The lowest BCUT2D eigenvalue weighted by atomic mass is 10.2. The van der Waals surface area contributed by atoms with Gasteiger partial charge in [0.25, 0.3) is 0 Å². The Labute approximate surface area is 119 Å². The third kappa shape index (κ3) is 4.93. The van der Waals surface area contributed by atoms with Crippen LogP contribution in [-0.2, 0) is 6.42 Å². The molecule has 0 saturated heterocycles. The summed E-state index contributed by atoms with van der Waals surface area (Å²) in [5.41, 5.74) is 8.08. The maximum atomic E-state index is 5.47. The highest BCUT2D eigenvalue weighted by Gasteiger charge is 1.96. The van der Waals surface area contributed by atoms with Crippen LogP contribution in [0.3, 0.4) is 0 Å². The van der Waals surface area contributed by atoms with Gasteiger partial charge in [0.2, 0.25) is 0 Å². The molecule has 98 valence electrons. The normalized spacial score (nSPS) is 11.0. The molecule has 0 aromatic heterocycles. The molecular formula is C17H19NS. The molecule has 0 saturated carbocycles. The van der Waals surface area contributed by atoms with Crippen molar-refractivity contribution in [2.24, 2.45) is 5.73 Å². The molecule has 0 aliphatic rings. The molecule has 19 heavy (non-hydrogen) atoms. The Kier molecular flexibility index (Phi) is 5.73. The van der Waals surface area contributed by atoms with E-state index in [0.717, 1.165) is 12.2 Å². The van der Waals surface area contributed by atoms with Crippen LogP contribution in [-0.4, -0.2) is 12.3 Å². The van der Waals surface area contributed by atoms with Crippen molar-refractivity contribution >= 4 is 17.8 Å². The van der Waals surface area contributed by atoms with Gasteiger partial charge in [0.1, 0.15) is 0 Å². The van der Waals surface area contributed by atoms with Gasteiger partial charge in [0, 0.05) is 17.2 Å². The zero-order valence-electron chi connectivity index (χ0n) is 11.0. The van der Waals surface area contributed by atoms with Crippen LogP contribution < -0.4 is 5.73 Å². The van der Waals surface area contributed by atoms with Crippen LogP contribution in [0.2, 0.25) is 0 Å². The minimum absolute atomic E-state index is 0.589. The molecule has 2 heteroatoms. The molecule has 0 bridgehead atoms. The Balaban J connectivity index is 1.87. The summed E-state index contributed by atoms with van der Waals surface area (Å²) < 4.78 is 0. The van der Waals surface area contributed by atoms with E-state index < -0.39 is 0 Å². The summed E-state index contributed by atoms with van der Waals surface area (Å²) in [6.07, 6.45) is 5.16. The molecular weight excluding hydrogens is 250 g/mol. The maximum absolute atomic E-state index is 5.47. The van der Waals surface area contributed by atoms with E-state index in [0.29, 0.717) is 6.54 Å². The van der Waals surface area contributed by atoms with Crippen LogP contribution in [0.5, 0.6) is 0 Å². The average molecular weight is 269 g/mol. The van der Waals surface area contributed by atoms with E-state index in [9.17, 15) is 0 Å². The largest absolute Gasteiger partial charge is 0.327 e. The second-order valence-electron chi connectivity index (χ2n) is 4.29. The highest BCUT2D eigenvalue weighted by Crippen LogP contribution is 2.21. The van der Waals surface area contributed by atoms with Crippen LogP contribution in [0.15, 0.2) is 65.6 Å². The topological polar surface area (TPSA) is 26.0 Å². The van der Waals surface area contributed by atoms with Gasteiger partial charge in [-0.05, 0) is 29.7 Å². The first kappa shape index (κ1) is 13.9. The summed E-state index contributed by atoms with van der Waals surface area (Å²) in [5, 5.41) is 0. The average Bonchev–Trinajstić information content (AvgIpc) is 2.47. The number of thioether (sulfide) groups is 1. The van der Waals surface area contributed by atoms with E-state index in [1.807, 2.05) is 17.8 Å². The van der Waals surface area contributed by atoms with Gasteiger partial charge in [-0.3, -0.25) is 0 Å². The van der Waals surface area contributed by atoms with E-state index in [1.165, 1.54) is 16.0 Å². The molecule has 0 radical (unpaired) electrons. The third-order valence-electron chi connectivity index (χ3n) is 2.81. The van der Waals surface area contributed by atoms with E-state index >= 15 is 0 Å². The molecule has 0 spiro atoms. The predicted octanol–water partition coefficient (Wildman–Crippen LogP) is 3.99. The lowest BCUT2D eigenvalue weighted by Gasteiger charge is -2.03. The van der Waals surface area contributed by atoms with Crippen LogP contribution in [0.25, 0.3) is 6.08 Å². The second-order valence-corrected chi connectivity index (χ2v) is 5.46. The first-order chi connectivity index (χ1) is 9.38. The van der Waals surface area contributed by atoms with Crippen molar-refractivity contribution in [2.45, 2.75) is 11.3 Å². The fourth-order valence-corrected chi connectivity index (χ4v) is 2.81. The maximum Gasteiger partial charge on any atom is 0.0110 e. The van der Waals surface area contributed by atoms with Gasteiger partial charge in [-0.1, -0.05) is 54.6 Å². The first-order valence-electron chi connectivity index (χ1n) is 6.52. The zero-order valence-corrected chi connectivity index (χ0v) is 11.8. The summed E-state index contributed by atoms with van der Waals surface area (Å²) >= 11 is 1.90. The van der Waals surface area contributed by atoms with Crippen LogP contribution >= 0.6 is 11.8 Å². The fourth-order valence-electron chi connectivity index (χ4n) is 1.84. The predicted molar refractivity (Wildman–Crippen MR) is 85.4 cm³/mol. The lowest BCUT2D eigenvalue weighted by Crippen LogP contribution is -1.92. The summed E-state index contributed by atoms with van der Waals surface area (Å²) in [6, 6.07) is 19.2. The Morgan fingerprint density at radius 1 is 1.00 bits per heavy atom. The summed E-state index contributed by atoms with van der Waals surface area (Å²) in [7, 11) is 0. The quantitative estimate of drug-likeness (QED) is 0.802. The molecule has 2 aromatic carbocycles. The van der Waals surface area contributed by atoms with Crippen LogP contribution in [0.1, 0.15) is 11.1 Å². The van der Waals surface area contributed by atoms with Crippen molar-refractivity contribution in [2.75, 3.05) is 12.3 Å². The molecule has 0 heterocycles. The van der Waals surface area contributed by atoms with Gasteiger partial charge in [-0.2, -0.15) is 0 Å². The standard InChI is InChI=1S/C17H19NS/c18-12-5-9-16-8-4-10-17(14-16)19-13-11-15-6-2-1-3-7-15/h1-10,14H,11-13,18H2/b9-5+. The third-order valence-corrected chi connectivity index (χ3v) is 3.80. The van der Waals surface area contributed by atoms with Gasteiger partial charge >= 0.3 is 0 Å². The van der Waals surface area contributed by atoms with Gasteiger partial charge in [-0.25, -0.2) is 0 Å². The van der Waals surface area contributed by atoms with E-state index in [2.05, 4.69) is 60.7 Å². The van der Waals surface area contributed by atoms with E-state index in [4.69, 9.17) is 5.73 Å². The molecule has 0 aliphatic carbocycles. The molecule has 1 nitrogen and oxygen atoms in total. The monoisotopic (exact) mass is 269 g/mol. The molecule has 0 fully saturated rings. The number of hydrogen-bond acceptors (Lipinski definition) is 2. The Hall–Kier alpha value is -1.51. The minimum atomic E-state index is 0.589. The molecule has 2 rings (SSSR count). The van der Waals surface area contributed by atoms with Crippen molar-refractivity contribution in [1.29, 1.82) is 0 Å². The Morgan fingerprint density at radius 2 is 1.84 bits per heavy atom. The molecule has 2 N–H and O–H groups in total. The molecule has 0 aliphatic heterocycles. The van der Waals surface area contributed by atoms with Crippen molar-refractivity contribution in [3.8, 4) is 0 Å². The fraction of sp³-hybridized carbons (Fsp3) is 0.176. The van der Waals surface area contributed by atoms with Crippen molar-refractivity contribution in [3.63, 3.8) is 0 Å². The summed E-state index contributed by atoms with van der Waals surface area (Å²) in [5.74, 6) is 1.11. The number of aryl methyl sites for hydroxylation is 1. The zero-order chi connectivity index (χ0) is 13.3. The Bertz CT molecular complexity index is 520. The molecule has 0 amide bonds. The summed E-state index contributed by atoms with van der Waals surface area (Å²) in [4.78, 5) is 1.31.